The van der Waals surface area contributed by atoms with Crippen molar-refractivity contribution in [2.75, 3.05) is 0 Å². The summed E-state index contributed by atoms with van der Waals surface area (Å²) in [7, 11) is 0. The second kappa shape index (κ2) is 3.34. The Hall–Kier alpha value is 0.320. The van der Waals surface area contributed by atoms with Gasteiger partial charge in [-0.25, -0.2) is 0 Å². The Labute approximate surface area is 54.1 Å². The molecule has 0 aromatic heterocycles. The molecule has 0 unspecified atom stereocenters. The molecule has 0 atom stereocenters. The van der Waals surface area contributed by atoms with Crippen molar-refractivity contribution in [3.05, 3.63) is 11.6 Å². The molecule has 0 fully saturated rings. The maximum Gasteiger partial charge on any atom is 0.128 e. The van der Waals surface area contributed by atoms with Gasteiger partial charge in [0.25, 0.3) is 0 Å². The average Bonchev–Trinajstić information content (AvgIpc) is 1.65. The standard InChI is InChI=1S/C5H8Cl2/c1-3-4(2)5(6)7/h3,5H,1-2H3. The van der Waals surface area contributed by atoms with Gasteiger partial charge in [0.15, 0.2) is 0 Å². The Kier molecular flexibility index (Phi) is 3.49. The molecule has 0 amide bonds. The van der Waals surface area contributed by atoms with Crippen LogP contribution in [-0.2, 0) is 0 Å². The van der Waals surface area contributed by atoms with Crippen molar-refractivity contribution in [2.24, 2.45) is 0 Å². The van der Waals surface area contributed by atoms with E-state index in [9.17, 15) is 0 Å². The van der Waals surface area contributed by atoms with Crippen molar-refractivity contribution in [2.45, 2.75) is 18.7 Å². The van der Waals surface area contributed by atoms with Crippen molar-refractivity contribution in [1.82, 2.24) is 0 Å². The van der Waals surface area contributed by atoms with E-state index < -0.39 is 0 Å². The zero-order chi connectivity index (χ0) is 5.86. The number of hydrogen-bond donors (Lipinski definition) is 0. The Bertz CT molecular complexity index is 74.1. The van der Waals surface area contributed by atoms with Crippen molar-refractivity contribution in [3.63, 3.8) is 0 Å². The summed E-state index contributed by atoms with van der Waals surface area (Å²) in [5.41, 5.74) is 1.00. The third kappa shape index (κ3) is 2.95. The summed E-state index contributed by atoms with van der Waals surface area (Å²) in [5, 5.41) is 0. The normalized spacial score (nSPS) is 13.0. The summed E-state index contributed by atoms with van der Waals surface area (Å²) in [6.07, 6.45) is 1.89. The first-order chi connectivity index (χ1) is 3.18. The van der Waals surface area contributed by atoms with E-state index in [1.54, 1.807) is 0 Å². The highest BCUT2D eigenvalue weighted by Gasteiger charge is 1.96. The van der Waals surface area contributed by atoms with Gasteiger partial charge in [-0.3, -0.25) is 0 Å². The number of alkyl halides is 2. The van der Waals surface area contributed by atoms with Crippen LogP contribution in [0.4, 0.5) is 0 Å². The molecule has 0 rings (SSSR count). The largest absolute Gasteiger partial charge is 0.128 e. The van der Waals surface area contributed by atoms with Crippen LogP contribution in [-0.4, -0.2) is 4.84 Å². The van der Waals surface area contributed by atoms with Crippen molar-refractivity contribution >= 4 is 23.2 Å². The molecule has 0 aliphatic heterocycles. The molecular weight excluding hydrogens is 131 g/mol. The van der Waals surface area contributed by atoms with Gasteiger partial charge in [0.1, 0.15) is 4.84 Å². The molecule has 0 aliphatic carbocycles. The maximum absolute atomic E-state index is 5.43. The zero-order valence-electron chi connectivity index (χ0n) is 4.41. The minimum absolute atomic E-state index is 0.329. The molecule has 7 heavy (non-hydrogen) atoms. The van der Waals surface area contributed by atoms with Gasteiger partial charge in [-0.15, -0.1) is 23.2 Å². The topological polar surface area (TPSA) is 0 Å². The lowest BCUT2D eigenvalue weighted by molar-refractivity contribution is 1.30. The highest BCUT2D eigenvalue weighted by Crippen LogP contribution is 2.11. The van der Waals surface area contributed by atoms with Gasteiger partial charge >= 0.3 is 0 Å². The van der Waals surface area contributed by atoms with Crippen LogP contribution in [0, 0.1) is 0 Å². The lowest BCUT2D eigenvalue weighted by atomic mass is 10.3. The minimum atomic E-state index is -0.329. The summed E-state index contributed by atoms with van der Waals surface area (Å²) in [5.74, 6) is 0. The molecule has 0 radical (unpaired) electrons. The van der Waals surface area contributed by atoms with E-state index in [4.69, 9.17) is 23.2 Å². The Morgan fingerprint density at radius 2 is 2.00 bits per heavy atom. The lowest BCUT2D eigenvalue weighted by Crippen LogP contribution is -1.85. The fourth-order valence-electron chi connectivity index (χ4n) is 0.126. The summed E-state index contributed by atoms with van der Waals surface area (Å²) < 4.78 is 0. The predicted octanol–water partition coefficient (Wildman–Crippen LogP) is 2.76. The van der Waals surface area contributed by atoms with Crippen LogP contribution in [0.2, 0.25) is 0 Å². The van der Waals surface area contributed by atoms with E-state index in [-0.39, 0.29) is 4.84 Å². The first kappa shape index (κ1) is 7.32. The Morgan fingerprint density at radius 3 is 2.00 bits per heavy atom. The number of allylic oxidation sites excluding steroid dienone is 2. The molecule has 2 heteroatoms. The highest BCUT2D eigenvalue weighted by atomic mass is 35.5. The van der Waals surface area contributed by atoms with Gasteiger partial charge in [-0.2, -0.15) is 0 Å². The van der Waals surface area contributed by atoms with Crippen molar-refractivity contribution in [3.8, 4) is 0 Å². The van der Waals surface area contributed by atoms with E-state index in [1.807, 2.05) is 19.9 Å². The minimum Gasteiger partial charge on any atom is -0.100 e. The van der Waals surface area contributed by atoms with Crippen LogP contribution in [0.1, 0.15) is 13.8 Å². The Balaban J connectivity index is 3.56. The van der Waals surface area contributed by atoms with Crippen molar-refractivity contribution in [1.29, 1.82) is 0 Å². The summed E-state index contributed by atoms with van der Waals surface area (Å²) >= 11 is 10.9. The molecule has 0 nitrogen and oxygen atoms in total. The van der Waals surface area contributed by atoms with Gasteiger partial charge < -0.3 is 0 Å². The molecule has 0 aromatic rings. The van der Waals surface area contributed by atoms with E-state index >= 15 is 0 Å². The molecule has 0 aliphatic rings. The van der Waals surface area contributed by atoms with E-state index in [0.29, 0.717) is 0 Å². The van der Waals surface area contributed by atoms with Crippen LogP contribution in [0.15, 0.2) is 11.6 Å². The second-order valence-corrected chi connectivity index (χ2v) is 2.43. The summed E-state index contributed by atoms with van der Waals surface area (Å²) in [4.78, 5) is -0.329. The van der Waals surface area contributed by atoms with Gasteiger partial charge in [-0.05, 0) is 19.4 Å². The first-order valence-corrected chi connectivity index (χ1v) is 2.96. The highest BCUT2D eigenvalue weighted by molar-refractivity contribution is 6.46. The third-order valence-electron chi connectivity index (χ3n) is 0.800. The summed E-state index contributed by atoms with van der Waals surface area (Å²) in [6, 6.07) is 0. The van der Waals surface area contributed by atoms with E-state index in [1.165, 1.54) is 0 Å². The fraction of sp³-hybridized carbons (Fsp3) is 0.600. The zero-order valence-corrected chi connectivity index (χ0v) is 5.92. The quantitative estimate of drug-likeness (QED) is 0.387. The smallest absolute Gasteiger partial charge is 0.100 e. The lowest BCUT2D eigenvalue weighted by Gasteiger charge is -1.95. The van der Waals surface area contributed by atoms with Crippen molar-refractivity contribution < 1.29 is 0 Å². The first-order valence-electron chi connectivity index (χ1n) is 2.09. The number of rotatable bonds is 1. The van der Waals surface area contributed by atoms with Gasteiger partial charge in [0.2, 0.25) is 0 Å². The molecule has 0 heterocycles. The van der Waals surface area contributed by atoms with E-state index in [0.717, 1.165) is 5.57 Å². The predicted molar refractivity (Wildman–Crippen MR) is 34.9 cm³/mol. The molecule has 0 aromatic carbocycles. The molecular formula is C5H8Cl2. The van der Waals surface area contributed by atoms with Crippen LogP contribution >= 0.6 is 23.2 Å². The number of halogens is 2. The molecule has 0 saturated carbocycles. The van der Waals surface area contributed by atoms with Gasteiger partial charge in [0, 0.05) is 0 Å². The molecule has 0 bridgehead atoms. The van der Waals surface area contributed by atoms with Crippen LogP contribution in [0.25, 0.3) is 0 Å². The molecule has 0 N–H and O–H groups in total. The Morgan fingerprint density at radius 1 is 1.57 bits per heavy atom. The second-order valence-electron chi connectivity index (χ2n) is 1.33. The fourth-order valence-corrected chi connectivity index (χ4v) is 0.378. The number of hydrogen-bond acceptors (Lipinski definition) is 0. The van der Waals surface area contributed by atoms with Crippen LogP contribution < -0.4 is 0 Å². The van der Waals surface area contributed by atoms with Gasteiger partial charge in [0.05, 0.1) is 0 Å². The monoisotopic (exact) mass is 138 g/mol. The van der Waals surface area contributed by atoms with Gasteiger partial charge in [-0.1, -0.05) is 6.08 Å². The van der Waals surface area contributed by atoms with E-state index in [2.05, 4.69) is 0 Å². The molecule has 0 saturated heterocycles. The SMILES string of the molecule is CC=C(C)C(Cl)Cl. The average molecular weight is 139 g/mol. The van der Waals surface area contributed by atoms with Crippen LogP contribution in [0.3, 0.4) is 0 Å². The molecule has 42 valence electrons. The van der Waals surface area contributed by atoms with Crippen LogP contribution in [0.5, 0.6) is 0 Å². The summed E-state index contributed by atoms with van der Waals surface area (Å²) in [6.45, 7) is 3.80. The molecule has 0 spiro atoms. The maximum atomic E-state index is 5.43. The third-order valence-corrected chi connectivity index (χ3v) is 1.49.